The summed E-state index contributed by atoms with van der Waals surface area (Å²) in [6.07, 6.45) is 1.46. The van der Waals surface area contributed by atoms with Crippen LogP contribution in [0.4, 0.5) is 4.79 Å². The molecule has 0 aromatic heterocycles. The van der Waals surface area contributed by atoms with Gasteiger partial charge in [0.1, 0.15) is 0 Å². The molecule has 1 aromatic carbocycles. The average Bonchev–Trinajstić information content (AvgIpc) is 3.18. The fraction of sp³-hybridized carbons (Fsp3) is 0.588. The van der Waals surface area contributed by atoms with Gasteiger partial charge in [0.05, 0.1) is 18.8 Å². The minimum Gasteiger partial charge on any atom is -0.454 e. The maximum atomic E-state index is 12.3. The van der Waals surface area contributed by atoms with Crippen LogP contribution in [0.2, 0.25) is 0 Å². The van der Waals surface area contributed by atoms with Gasteiger partial charge in [-0.1, -0.05) is 6.07 Å². The van der Waals surface area contributed by atoms with Crippen molar-refractivity contribution >= 4 is 6.03 Å². The largest absolute Gasteiger partial charge is 0.454 e. The Morgan fingerprint density at radius 1 is 1.42 bits per heavy atom. The van der Waals surface area contributed by atoms with E-state index in [-0.39, 0.29) is 38.1 Å². The number of β-amino-alcohol motifs (C(OH)–C–C–N with tert-alkyl or cyclic N) is 1. The number of amides is 2. The Kier molecular flexibility index (Phi) is 5.11. The summed E-state index contributed by atoms with van der Waals surface area (Å²) >= 11 is 0. The van der Waals surface area contributed by atoms with E-state index in [9.17, 15) is 15.0 Å². The molecular formula is C17H24N2O5. The molecule has 2 aliphatic heterocycles. The standard InChI is InChI=1S/C17H24N2O5/c1-11(18-17(22)19-8-14(21)7-13(19)9-20)2-3-12-4-5-15-16(6-12)24-10-23-15/h4-6,11,13-14,20-21H,2-3,7-10H2,1H3,(H,18,22)/t11?,13-,14-/m0/s1. The molecule has 1 saturated heterocycles. The second kappa shape index (κ2) is 7.27. The molecular weight excluding hydrogens is 312 g/mol. The molecule has 132 valence electrons. The highest BCUT2D eigenvalue weighted by Gasteiger charge is 2.34. The van der Waals surface area contributed by atoms with Crippen LogP contribution in [0.1, 0.15) is 25.3 Å². The van der Waals surface area contributed by atoms with Gasteiger partial charge in [-0.05, 0) is 43.9 Å². The van der Waals surface area contributed by atoms with E-state index in [0.717, 1.165) is 29.9 Å². The lowest BCUT2D eigenvalue weighted by atomic mass is 10.1. The van der Waals surface area contributed by atoms with E-state index < -0.39 is 6.10 Å². The molecule has 1 aromatic rings. The van der Waals surface area contributed by atoms with Crippen LogP contribution in [0, 0.1) is 0 Å². The molecule has 24 heavy (non-hydrogen) atoms. The molecule has 2 heterocycles. The molecule has 3 N–H and O–H groups in total. The van der Waals surface area contributed by atoms with Gasteiger partial charge in [0, 0.05) is 12.6 Å². The van der Waals surface area contributed by atoms with Gasteiger partial charge in [0.15, 0.2) is 11.5 Å². The molecule has 1 unspecified atom stereocenters. The SMILES string of the molecule is CC(CCc1ccc2c(c1)OCO2)NC(=O)N1C[C@@H](O)C[C@H]1CO. The number of hydrogen-bond donors (Lipinski definition) is 3. The number of urea groups is 1. The summed E-state index contributed by atoms with van der Waals surface area (Å²) < 4.78 is 10.7. The second-order valence-corrected chi connectivity index (χ2v) is 6.46. The van der Waals surface area contributed by atoms with Gasteiger partial charge >= 0.3 is 6.03 Å². The summed E-state index contributed by atoms with van der Waals surface area (Å²) in [4.78, 5) is 13.8. The molecule has 0 bridgehead atoms. The van der Waals surface area contributed by atoms with Crippen LogP contribution in [0.5, 0.6) is 11.5 Å². The van der Waals surface area contributed by atoms with E-state index >= 15 is 0 Å². The summed E-state index contributed by atoms with van der Waals surface area (Å²) in [7, 11) is 0. The molecule has 2 amide bonds. The van der Waals surface area contributed by atoms with E-state index in [1.165, 1.54) is 4.90 Å². The van der Waals surface area contributed by atoms with Gasteiger partial charge in [0.25, 0.3) is 0 Å². The highest BCUT2D eigenvalue weighted by molar-refractivity contribution is 5.75. The number of aliphatic hydroxyl groups excluding tert-OH is 2. The highest BCUT2D eigenvalue weighted by atomic mass is 16.7. The van der Waals surface area contributed by atoms with Gasteiger partial charge in [-0.15, -0.1) is 0 Å². The number of hydrogen-bond acceptors (Lipinski definition) is 5. The number of nitrogens with zero attached hydrogens (tertiary/aromatic N) is 1. The first-order valence-corrected chi connectivity index (χ1v) is 8.31. The van der Waals surface area contributed by atoms with Crippen molar-refractivity contribution < 1.29 is 24.5 Å². The summed E-state index contributed by atoms with van der Waals surface area (Å²) in [6, 6.07) is 5.32. The first kappa shape index (κ1) is 16.9. The Bertz CT molecular complexity index is 594. The number of aliphatic hydroxyl groups is 2. The third-order valence-corrected chi connectivity index (χ3v) is 4.54. The van der Waals surface area contributed by atoms with Crippen molar-refractivity contribution in [1.29, 1.82) is 0 Å². The maximum Gasteiger partial charge on any atom is 0.318 e. The van der Waals surface area contributed by atoms with Gasteiger partial charge in [-0.2, -0.15) is 0 Å². The zero-order chi connectivity index (χ0) is 17.1. The predicted octanol–water partition coefficient (Wildman–Crippen LogP) is 0.873. The number of ether oxygens (including phenoxy) is 2. The minimum atomic E-state index is -0.558. The number of rotatable bonds is 5. The van der Waals surface area contributed by atoms with Crippen molar-refractivity contribution in [3.05, 3.63) is 23.8 Å². The van der Waals surface area contributed by atoms with Crippen LogP contribution in [0.3, 0.4) is 0 Å². The first-order valence-electron chi connectivity index (χ1n) is 8.31. The lowest BCUT2D eigenvalue weighted by Crippen LogP contribution is -2.47. The molecule has 0 aliphatic carbocycles. The Balaban J connectivity index is 1.48. The summed E-state index contributed by atoms with van der Waals surface area (Å²) in [6.45, 7) is 2.35. The smallest absolute Gasteiger partial charge is 0.318 e. The van der Waals surface area contributed by atoms with Gasteiger partial charge in [-0.25, -0.2) is 4.79 Å². The van der Waals surface area contributed by atoms with Crippen molar-refractivity contribution in [1.82, 2.24) is 10.2 Å². The molecule has 0 radical (unpaired) electrons. The highest BCUT2D eigenvalue weighted by Crippen LogP contribution is 2.32. The van der Waals surface area contributed by atoms with Crippen molar-refractivity contribution in [2.75, 3.05) is 19.9 Å². The van der Waals surface area contributed by atoms with Crippen LogP contribution in [-0.2, 0) is 6.42 Å². The minimum absolute atomic E-state index is 0.0139. The molecule has 1 fully saturated rings. The Morgan fingerprint density at radius 2 is 2.21 bits per heavy atom. The molecule has 2 aliphatic rings. The molecule has 7 nitrogen and oxygen atoms in total. The number of benzene rings is 1. The van der Waals surface area contributed by atoms with E-state index in [1.54, 1.807) is 0 Å². The number of carbonyl (C=O) groups excluding carboxylic acids is 1. The lowest BCUT2D eigenvalue weighted by Gasteiger charge is -2.25. The van der Waals surface area contributed by atoms with Crippen molar-refractivity contribution in [2.24, 2.45) is 0 Å². The Labute approximate surface area is 141 Å². The van der Waals surface area contributed by atoms with Crippen LogP contribution in [-0.4, -0.2) is 59.3 Å². The Hall–Kier alpha value is -1.99. The zero-order valence-corrected chi connectivity index (χ0v) is 13.8. The van der Waals surface area contributed by atoms with Crippen LogP contribution >= 0.6 is 0 Å². The quantitative estimate of drug-likeness (QED) is 0.742. The van der Waals surface area contributed by atoms with E-state index in [1.807, 2.05) is 25.1 Å². The summed E-state index contributed by atoms with van der Waals surface area (Å²) in [5, 5.41) is 21.9. The summed E-state index contributed by atoms with van der Waals surface area (Å²) in [5.41, 5.74) is 1.13. The first-order chi connectivity index (χ1) is 11.6. The third kappa shape index (κ3) is 3.73. The van der Waals surface area contributed by atoms with E-state index in [4.69, 9.17) is 9.47 Å². The monoisotopic (exact) mass is 336 g/mol. The molecule has 7 heteroatoms. The van der Waals surface area contributed by atoms with E-state index in [2.05, 4.69) is 5.32 Å². The number of carbonyl (C=O) groups is 1. The van der Waals surface area contributed by atoms with Crippen LogP contribution < -0.4 is 14.8 Å². The molecule has 0 saturated carbocycles. The number of aryl methyl sites for hydroxylation is 1. The molecule has 0 spiro atoms. The fourth-order valence-electron chi connectivity index (χ4n) is 3.16. The van der Waals surface area contributed by atoms with Gasteiger partial charge in [-0.3, -0.25) is 0 Å². The van der Waals surface area contributed by atoms with E-state index in [0.29, 0.717) is 6.42 Å². The van der Waals surface area contributed by atoms with Crippen LogP contribution in [0.25, 0.3) is 0 Å². The molecule has 3 rings (SSSR count). The predicted molar refractivity (Wildman–Crippen MR) is 87.1 cm³/mol. The number of likely N-dealkylation sites (tertiary alicyclic amines) is 1. The van der Waals surface area contributed by atoms with Gasteiger partial charge < -0.3 is 29.9 Å². The Morgan fingerprint density at radius 3 is 3.00 bits per heavy atom. The topological polar surface area (TPSA) is 91.3 Å². The lowest BCUT2D eigenvalue weighted by molar-refractivity contribution is 0.152. The number of nitrogens with one attached hydrogen (secondary N) is 1. The fourth-order valence-corrected chi connectivity index (χ4v) is 3.16. The zero-order valence-electron chi connectivity index (χ0n) is 13.8. The average molecular weight is 336 g/mol. The third-order valence-electron chi connectivity index (χ3n) is 4.54. The van der Waals surface area contributed by atoms with Gasteiger partial charge in [0.2, 0.25) is 6.79 Å². The summed E-state index contributed by atoms with van der Waals surface area (Å²) in [5.74, 6) is 1.53. The maximum absolute atomic E-state index is 12.3. The van der Waals surface area contributed by atoms with Crippen LogP contribution in [0.15, 0.2) is 18.2 Å². The second-order valence-electron chi connectivity index (χ2n) is 6.46. The molecule has 3 atom stereocenters. The number of fused-ring (bicyclic) bond motifs is 1. The normalized spacial score (nSPS) is 23.4. The van der Waals surface area contributed by atoms with Crippen molar-refractivity contribution in [3.63, 3.8) is 0 Å². The van der Waals surface area contributed by atoms with Crippen molar-refractivity contribution in [3.8, 4) is 11.5 Å². The van der Waals surface area contributed by atoms with Crippen molar-refractivity contribution in [2.45, 2.75) is 44.4 Å².